The topological polar surface area (TPSA) is 35.2 Å². The van der Waals surface area contributed by atoms with Gasteiger partial charge in [-0.1, -0.05) is 12.1 Å². The maximum Gasteiger partial charge on any atom is 0.122 e. The lowest BCUT2D eigenvalue weighted by molar-refractivity contribution is 0.252. The van der Waals surface area contributed by atoms with Crippen molar-refractivity contribution in [2.45, 2.75) is 31.7 Å². The van der Waals surface area contributed by atoms with E-state index in [2.05, 4.69) is 18.2 Å². The van der Waals surface area contributed by atoms with E-state index in [1.807, 2.05) is 6.92 Å². The van der Waals surface area contributed by atoms with Gasteiger partial charge in [-0.3, -0.25) is 0 Å². The average Bonchev–Trinajstić information content (AvgIpc) is 2.15. The molecule has 0 radical (unpaired) electrons. The third-order valence-corrected chi connectivity index (χ3v) is 3.23. The van der Waals surface area contributed by atoms with Gasteiger partial charge < -0.3 is 10.5 Å². The van der Waals surface area contributed by atoms with Crippen LogP contribution in [0.2, 0.25) is 0 Å². The van der Waals surface area contributed by atoms with Crippen molar-refractivity contribution in [3.8, 4) is 5.75 Å². The summed E-state index contributed by atoms with van der Waals surface area (Å²) in [6.45, 7) is 2.05. The molecule has 2 N–H and O–H groups in total. The third kappa shape index (κ3) is 2.11. The molecule has 1 fully saturated rings. The Kier molecular flexibility index (Phi) is 3.63. The number of nitrogens with two attached hydrogens (primary N) is 1. The minimum atomic E-state index is -0.0824. The second-order valence-electron chi connectivity index (χ2n) is 4.19. The van der Waals surface area contributed by atoms with E-state index in [1.165, 1.54) is 17.5 Å². The maximum atomic E-state index is 6.24. The molecular formula is C12H18ClNO. The van der Waals surface area contributed by atoms with E-state index in [1.54, 1.807) is 7.11 Å². The molecule has 0 bridgehead atoms. The van der Waals surface area contributed by atoms with E-state index < -0.39 is 0 Å². The molecular weight excluding hydrogens is 210 g/mol. The van der Waals surface area contributed by atoms with Crippen LogP contribution < -0.4 is 10.5 Å². The quantitative estimate of drug-likeness (QED) is 0.843. The Balaban J connectivity index is 0.00000112. The molecule has 1 saturated carbocycles. The van der Waals surface area contributed by atoms with E-state index >= 15 is 0 Å². The SMILES string of the molecule is COc1cc(C2(N)CCC2)ccc1C.Cl. The smallest absolute Gasteiger partial charge is 0.122 e. The fourth-order valence-corrected chi connectivity index (χ4v) is 1.98. The second-order valence-corrected chi connectivity index (χ2v) is 4.19. The van der Waals surface area contributed by atoms with Crippen molar-refractivity contribution in [2.24, 2.45) is 5.73 Å². The van der Waals surface area contributed by atoms with Gasteiger partial charge in [0.15, 0.2) is 0 Å². The Morgan fingerprint density at radius 1 is 1.33 bits per heavy atom. The first-order valence-electron chi connectivity index (χ1n) is 5.10. The zero-order valence-corrected chi connectivity index (χ0v) is 10.1. The molecule has 0 amide bonds. The van der Waals surface area contributed by atoms with Gasteiger partial charge in [-0.05, 0) is 43.4 Å². The summed E-state index contributed by atoms with van der Waals surface area (Å²) in [4.78, 5) is 0. The Morgan fingerprint density at radius 3 is 2.47 bits per heavy atom. The van der Waals surface area contributed by atoms with Crippen LogP contribution in [0.15, 0.2) is 18.2 Å². The molecule has 2 rings (SSSR count). The molecule has 15 heavy (non-hydrogen) atoms. The summed E-state index contributed by atoms with van der Waals surface area (Å²) >= 11 is 0. The first-order valence-corrected chi connectivity index (χ1v) is 5.10. The Labute approximate surface area is 97.2 Å². The summed E-state index contributed by atoms with van der Waals surface area (Å²) in [6, 6.07) is 6.28. The minimum Gasteiger partial charge on any atom is -0.496 e. The highest BCUT2D eigenvalue weighted by Crippen LogP contribution is 2.40. The summed E-state index contributed by atoms with van der Waals surface area (Å²) in [5, 5.41) is 0. The summed E-state index contributed by atoms with van der Waals surface area (Å²) in [5.41, 5.74) is 8.54. The lowest BCUT2D eigenvalue weighted by Crippen LogP contribution is -2.43. The van der Waals surface area contributed by atoms with E-state index in [0.29, 0.717) is 0 Å². The van der Waals surface area contributed by atoms with Crippen molar-refractivity contribution < 1.29 is 4.74 Å². The zero-order valence-electron chi connectivity index (χ0n) is 9.25. The van der Waals surface area contributed by atoms with Crippen LogP contribution in [0, 0.1) is 6.92 Å². The fraction of sp³-hybridized carbons (Fsp3) is 0.500. The number of rotatable bonds is 2. The Hall–Kier alpha value is -0.730. The van der Waals surface area contributed by atoms with Crippen molar-refractivity contribution in [3.05, 3.63) is 29.3 Å². The number of methoxy groups -OCH3 is 1. The normalized spacial score (nSPS) is 17.5. The fourth-order valence-electron chi connectivity index (χ4n) is 1.98. The van der Waals surface area contributed by atoms with Gasteiger partial charge in [0.2, 0.25) is 0 Å². The highest BCUT2D eigenvalue weighted by molar-refractivity contribution is 5.85. The van der Waals surface area contributed by atoms with Crippen LogP contribution in [0.3, 0.4) is 0 Å². The van der Waals surface area contributed by atoms with Gasteiger partial charge >= 0.3 is 0 Å². The van der Waals surface area contributed by atoms with E-state index in [4.69, 9.17) is 10.5 Å². The molecule has 84 valence electrons. The minimum absolute atomic E-state index is 0. The van der Waals surface area contributed by atoms with Crippen LogP contribution in [0.5, 0.6) is 5.75 Å². The summed E-state index contributed by atoms with van der Waals surface area (Å²) < 4.78 is 5.29. The first-order chi connectivity index (χ1) is 6.65. The molecule has 2 nitrogen and oxygen atoms in total. The molecule has 0 aliphatic heterocycles. The third-order valence-electron chi connectivity index (χ3n) is 3.23. The number of aryl methyl sites for hydroxylation is 1. The molecule has 0 saturated heterocycles. The van der Waals surface area contributed by atoms with Crippen LogP contribution in [0.25, 0.3) is 0 Å². The Bertz CT molecular complexity index is 347. The number of benzene rings is 1. The standard InChI is InChI=1S/C12H17NO.ClH/c1-9-4-5-10(8-11(9)14-2)12(13)6-3-7-12;/h4-5,8H,3,6-7,13H2,1-2H3;1H. The Morgan fingerprint density at radius 2 is 2.00 bits per heavy atom. The van der Waals surface area contributed by atoms with E-state index in [0.717, 1.165) is 18.6 Å². The monoisotopic (exact) mass is 227 g/mol. The average molecular weight is 228 g/mol. The van der Waals surface area contributed by atoms with Crippen LogP contribution in [0.4, 0.5) is 0 Å². The molecule has 3 heteroatoms. The molecule has 0 aromatic heterocycles. The molecule has 0 heterocycles. The number of hydrogen-bond acceptors (Lipinski definition) is 2. The lowest BCUT2D eigenvalue weighted by Gasteiger charge is -2.38. The summed E-state index contributed by atoms with van der Waals surface area (Å²) in [6.07, 6.45) is 3.44. The second kappa shape index (κ2) is 4.42. The van der Waals surface area contributed by atoms with Crippen molar-refractivity contribution in [1.29, 1.82) is 0 Å². The molecule has 0 unspecified atom stereocenters. The number of halogens is 1. The number of ether oxygens (including phenoxy) is 1. The van der Waals surface area contributed by atoms with Gasteiger partial charge in [-0.2, -0.15) is 0 Å². The van der Waals surface area contributed by atoms with Gasteiger partial charge in [-0.25, -0.2) is 0 Å². The molecule has 0 spiro atoms. The summed E-state index contributed by atoms with van der Waals surface area (Å²) in [5.74, 6) is 0.944. The van der Waals surface area contributed by atoms with Gasteiger partial charge in [0.25, 0.3) is 0 Å². The first kappa shape index (κ1) is 12.3. The molecule has 0 atom stereocenters. The molecule has 1 aromatic carbocycles. The number of hydrogen-bond donors (Lipinski definition) is 1. The largest absolute Gasteiger partial charge is 0.496 e. The zero-order chi connectivity index (χ0) is 10.2. The van der Waals surface area contributed by atoms with Crippen LogP contribution in [-0.4, -0.2) is 7.11 Å². The summed E-state index contributed by atoms with van der Waals surface area (Å²) in [7, 11) is 1.70. The predicted molar refractivity (Wildman–Crippen MR) is 64.7 cm³/mol. The lowest BCUT2D eigenvalue weighted by atomic mass is 9.72. The van der Waals surface area contributed by atoms with Crippen LogP contribution in [-0.2, 0) is 5.54 Å². The van der Waals surface area contributed by atoms with E-state index in [-0.39, 0.29) is 17.9 Å². The van der Waals surface area contributed by atoms with Crippen molar-refractivity contribution in [1.82, 2.24) is 0 Å². The highest BCUT2D eigenvalue weighted by Gasteiger charge is 2.34. The van der Waals surface area contributed by atoms with Crippen LogP contribution >= 0.6 is 12.4 Å². The molecule has 1 aromatic rings. The van der Waals surface area contributed by atoms with E-state index in [9.17, 15) is 0 Å². The van der Waals surface area contributed by atoms with Gasteiger partial charge in [0.05, 0.1) is 7.11 Å². The van der Waals surface area contributed by atoms with Gasteiger partial charge in [0, 0.05) is 5.54 Å². The van der Waals surface area contributed by atoms with Crippen molar-refractivity contribution >= 4 is 12.4 Å². The van der Waals surface area contributed by atoms with Crippen molar-refractivity contribution in [2.75, 3.05) is 7.11 Å². The van der Waals surface area contributed by atoms with Crippen LogP contribution in [0.1, 0.15) is 30.4 Å². The van der Waals surface area contributed by atoms with Crippen molar-refractivity contribution in [3.63, 3.8) is 0 Å². The molecule has 1 aliphatic rings. The predicted octanol–water partition coefficient (Wildman–Crippen LogP) is 2.76. The maximum absolute atomic E-state index is 6.24. The van der Waals surface area contributed by atoms with Gasteiger partial charge in [-0.15, -0.1) is 12.4 Å². The van der Waals surface area contributed by atoms with Gasteiger partial charge in [0.1, 0.15) is 5.75 Å². The highest BCUT2D eigenvalue weighted by atomic mass is 35.5. The molecule has 1 aliphatic carbocycles.